The number of phenols is 1. The molecule has 0 aliphatic rings. The lowest BCUT2D eigenvalue weighted by Crippen LogP contribution is -2.12. The minimum absolute atomic E-state index is 0.0139. The highest BCUT2D eigenvalue weighted by molar-refractivity contribution is 6.05. The summed E-state index contributed by atoms with van der Waals surface area (Å²) in [6, 6.07) is 11.3. The van der Waals surface area contributed by atoms with Crippen molar-refractivity contribution in [3.63, 3.8) is 0 Å². The minimum atomic E-state index is -0.377. The molecule has 1 amide bonds. The van der Waals surface area contributed by atoms with E-state index in [1.165, 1.54) is 6.07 Å². The first-order chi connectivity index (χ1) is 15.9. The highest BCUT2D eigenvalue weighted by Gasteiger charge is 2.12. The molecule has 0 saturated heterocycles. The lowest BCUT2D eigenvalue weighted by Gasteiger charge is -2.09. The Morgan fingerprint density at radius 1 is 0.879 bits per heavy atom. The number of nitrogens with one attached hydrogen (secondary N) is 1. The fourth-order valence-electron chi connectivity index (χ4n) is 2.98. The molecule has 0 fully saturated rings. The Morgan fingerprint density at radius 2 is 1.55 bits per heavy atom. The quantitative estimate of drug-likeness (QED) is 0.192. The fraction of sp³-hybridized carbons (Fsp3) is 0.400. The number of esters is 1. The van der Waals surface area contributed by atoms with E-state index in [0.29, 0.717) is 55.9 Å². The van der Waals surface area contributed by atoms with Crippen LogP contribution in [0.5, 0.6) is 5.75 Å². The molecule has 0 heterocycles. The van der Waals surface area contributed by atoms with Crippen molar-refractivity contribution < 1.29 is 33.7 Å². The molecule has 0 aliphatic carbocycles. The van der Waals surface area contributed by atoms with E-state index in [9.17, 15) is 19.5 Å². The molecule has 178 valence electrons. The van der Waals surface area contributed by atoms with Crippen LogP contribution in [0, 0.1) is 6.92 Å². The zero-order valence-corrected chi connectivity index (χ0v) is 19.1. The second kappa shape index (κ2) is 14.0. The summed E-state index contributed by atoms with van der Waals surface area (Å²) in [5.74, 6) is -0.761. The minimum Gasteiger partial charge on any atom is -0.506 e. The highest BCUT2D eigenvalue weighted by Crippen LogP contribution is 2.24. The van der Waals surface area contributed by atoms with E-state index in [1.807, 2.05) is 6.92 Å². The predicted molar refractivity (Wildman–Crippen MR) is 124 cm³/mol. The Labute approximate surface area is 193 Å². The van der Waals surface area contributed by atoms with Gasteiger partial charge in [-0.25, -0.2) is 0 Å². The van der Waals surface area contributed by atoms with Gasteiger partial charge < -0.3 is 24.6 Å². The molecule has 0 saturated carbocycles. The molecule has 0 atom stereocenters. The maximum atomic E-state index is 12.4. The molecule has 8 nitrogen and oxygen atoms in total. The van der Waals surface area contributed by atoms with Gasteiger partial charge in [0.25, 0.3) is 5.91 Å². The van der Waals surface area contributed by atoms with E-state index in [2.05, 4.69) is 5.32 Å². The van der Waals surface area contributed by atoms with Crippen LogP contribution in [0.3, 0.4) is 0 Å². The number of ketones is 1. The summed E-state index contributed by atoms with van der Waals surface area (Å²) < 4.78 is 15.1. The SMILES string of the molecule is COCCOCCOC(=O)CCCCC(=O)c1ccc(C(=O)Nc2cc(C)ccc2O)cc1. The predicted octanol–water partition coefficient (Wildman–Crippen LogP) is 3.90. The summed E-state index contributed by atoms with van der Waals surface area (Å²) in [6.45, 7) is 3.34. The zero-order valence-electron chi connectivity index (χ0n) is 19.1. The van der Waals surface area contributed by atoms with Crippen LogP contribution < -0.4 is 5.32 Å². The molecule has 0 spiro atoms. The number of amides is 1. The van der Waals surface area contributed by atoms with Crippen LogP contribution in [-0.2, 0) is 19.0 Å². The molecule has 8 heteroatoms. The number of hydrogen-bond acceptors (Lipinski definition) is 7. The molecule has 2 N–H and O–H groups in total. The smallest absolute Gasteiger partial charge is 0.305 e. The van der Waals surface area contributed by atoms with Gasteiger partial charge in [-0.3, -0.25) is 14.4 Å². The Balaban J connectivity index is 1.69. The Hall–Kier alpha value is -3.23. The number of anilines is 1. The van der Waals surface area contributed by atoms with Gasteiger partial charge in [-0.1, -0.05) is 18.2 Å². The third kappa shape index (κ3) is 9.43. The van der Waals surface area contributed by atoms with Crippen LogP contribution in [0.2, 0.25) is 0 Å². The second-order valence-corrected chi connectivity index (χ2v) is 7.51. The van der Waals surface area contributed by atoms with Crippen molar-refractivity contribution in [1.82, 2.24) is 0 Å². The van der Waals surface area contributed by atoms with E-state index in [-0.39, 0.29) is 36.4 Å². The number of hydrogen-bond donors (Lipinski definition) is 2. The zero-order chi connectivity index (χ0) is 24.1. The maximum absolute atomic E-state index is 12.4. The molecule has 0 radical (unpaired) electrons. The number of rotatable bonds is 14. The van der Waals surface area contributed by atoms with Crippen molar-refractivity contribution in [1.29, 1.82) is 0 Å². The Kier molecular flexibility index (Phi) is 11.1. The highest BCUT2D eigenvalue weighted by atomic mass is 16.6. The molecule has 2 rings (SSSR count). The number of carbonyl (C=O) groups is 3. The van der Waals surface area contributed by atoms with Crippen LogP contribution in [0.15, 0.2) is 42.5 Å². The monoisotopic (exact) mass is 457 g/mol. The standard InChI is InChI=1S/C25H31NO7/c1-18-7-12-23(28)21(17-18)26-25(30)20-10-8-19(9-11-20)22(27)5-3-4-6-24(29)33-16-15-32-14-13-31-2/h7-12,17,28H,3-6,13-16H2,1-2H3,(H,26,30). The summed E-state index contributed by atoms with van der Waals surface area (Å²) in [4.78, 5) is 36.5. The normalized spacial score (nSPS) is 10.6. The van der Waals surface area contributed by atoms with E-state index in [1.54, 1.807) is 43.5 Å². The number of aromatic hydroxyl groups is 1. The van der Waals surface area contributed by atoms with Crippen LogP contribution >= 0.6 is 0 Å². The van der Waals surface area contributed by atoms with E-state index in [4.69, 9.17) is 14.2 Å². The van der Waals surface area contributed by atoms with Crippen molar-refractivity contribution in [2.24, 2.45) is 0 Å². The van der Waals surface area contributed by atoms with Crippen LogP contribution in [0.4, 0.5) is 5.69 Å². The number of Topliss-reactive ketones (excluding diaryl/α,β-unsaturated/α-hetero) is 1. The molecule has 2 aromatic carbocycles. The van der Waals surface area contributed by atoms with Gasteiger partial charge in [-0.05, 0) is 49.6 Å². The summed E-state index contributed by atoms with van der Waals surface area (Å²) in [5, 5.41) is 12.5. The molecule has 0 aromatic heterocycles. The van der Waals surface area contributed by atoms with Gasteiger partial charge in [0, 0.05) is 31.1 Å². The molecule has 0 bridgehead atoms. The van der Waals surface area contributed by atoms with Gasteiger partial charge in [0.05, 0.1) is 25.5 Å². The number of phenolic OH excluding ortho intramolecular Hbond substituents is 1. The van der Waals surface area contributed by atoms with Gasteiger partial charge in [0.1, 0.15) is 12.4 Å². The van der Waals surface area contributed by atoms with Crippen molar-refractivity contribution in [2.45, 2.75) is 32.6 Å². The first kappa shape index (κ1) is 26.0. The van der Waals surface area contributed by atoms with Crippen LogP contribution in [0.25, 0.3) is 0 Å². The molecule has 33 heavy (non-hydrogen) atoms. The van der Waals surface area contributed by atoms with Crippen molar-refractivity contribution in [2.75, 3.05) is 38.9 Å². The summed E-state index contributed by atoms with van der Waals surface area (Å²) in [5.41, 5.74) is 2.11. The summed E-state index contributed by atoms with van der Waals surface area (Å²) >= 11 is 0. The number of carbonyl (C=O) groups excluding carboxylic acids is 3. The van der Waals surface area contributed by atoms with Crippen molar-refractivity contribution in [3.05, 3.63) is 59.2 Å². The van der Waals surface area contributed by atoms with Gasteiger partial charge in [0.2, 0.25) is 0 Å². The van der Waals surface area contributed by atoms with Crippen LogP contribution in [-0.4, -0.2) is 56.3 Å². The van der Waals surface area contributed by atoms with E-state index in [0.717, 1.165) is 5.56 Å². The fourth-order valence-corrected chi connectivity index (χ4v) is 2.98. The van der Waals surface area contributed by atoms with Crippen molar-refractivity contribution >= 4 is 23.3 Å². The lowest BCUT2D eigenvalue weighted by atomic mass is 10.0. The number of ether oxygens (including phenoxy) is 3. The van der Waals surface area contributed by atoms with Crippen molar-refractivity contribution in [3.8, 4) is 5.75 Å². The largest absolute Gasteiger partial charge is 0.506 e. The third-order valence-corrected chi connectivity index (χ3v) is 4.83. The molecular formula is C25H31NO7. The molecule has 0 unspecified atom stereocenters. The van der Waals surface area contributed by atoms with E-state index < -0.39 is 0 Å². The lowest BCUT2D eigenvalue weighted by molar-refractivity contribution is -0.145. The first-order valence-electron chi connectivity index (χ1n) is 10.9. The number of methoxy groups -OCH3 is 1. The second-order valence-electron chi connectivity index (χ2n) is 7.51. The maximum Gasteiger partial charge on any atom is 0.305 e. The number of aryl methyl sites for hydroxylation is 1. The molecule has 2 aromatic rings. The van der Waals surface area contributed by atoms with Gasteiger partial charge in [-0.2, -0.15) is 0 Å². The van der Waals surface area contributed by atoms with Crippen LogP contribution in [0.1, 0.15) is 52.0 Å². The topological polar surface area (TPSA) is 111 Å². The Bertz CT molecular complexity index is 925. The van der Waals surface area contributed by atoms with E-state index >= 15 is 0 Å². The molecule has 0 aliphatic heterocycles. The van der Waals surface area contributed by atoms with Gasteiger partial charge in [0.15, 0.2) is 5.78 Å². The summed E-state index contributed by atoms with van der Waals surface area (Å²) in [7, 11) is 1.59. The number of unbranched alkanes of at least 4 members (excludes halogenated alkanes) is 1. The Morgan fingerprint density at radius 3 is 2.27 bits per heavy atom. The summed E-state index contributed by atoms with van der Waals surface area (Å²) in [6.07, 6.45) is 1.66. The molecular weight excluding hydrogens is 426 g/mol. The van der Waals surface area contributed by atoms with Gasteiger partial charge in [-0.15, -0.1) is 0 Å². The average Bonchev–Trinajstić information content (AvgIpc) is 2.81. The van der Waals surface area contributed by atoms with Gasteiger partial charge >= 0.3 is 5.97 Å². The third-order valence-electron chi connectivity index (χ3n) is 4.83. The first-order valence-corrected chi connectivity index (χ1v) is 10.9. The number of benzene rings is 2. The average molecular weight is 458 g/mol.